The lowest BCUT2D eigenvalue weighted by atomic mass is 10.1. The van der Waals surface area contributed by atoms with Crippen LogP contribution in [0.4, 0.5) is 0 Å². The van der Waals surface area contributed by atoms with Crippen molar-refractivity contribution in [2.45, 2.75) is 6.42 Å². The van der Waals surface area contributed by atoms with Crippen molar-refractivity contribution in [2.24, 2.45) is 0 Å². The number of Topliss-reactive ketones (excluding diaryl/α,β-unsaturated/α-hetero) is 3. The summed E-state index contributed by atoms with van der Waals surface area (Å²) in [5.74, 6) is -1.65. The Hall–Kier alpha value is -2.03. The molecule has 0 radical (unpaired) electrons. The molecule has 0 aromatic heterocycles. The quantitative estimate of drug-likeness (QED) is 0.296. The van der Waals surface area contributed by atoms with Gasteiger partial charge >= 0.3 is 0 Å². The third-order valence-electron chi connectivity index (χ3n) is 2.23. The van der Waals surface area contributed by atoms with E-state index in [0.29, 0.717) is 0 Å². The van der Waals surface area contributed by atoms with Gasteiger partial charge in [-0.15, -0.1) is 0 Å². The molecule has 0 aliphatic heterocycles. The second-order valence-electron chi connectivity index (χ2n) is 3.32. The topological polar surface area (TPSA) is 51.2 Å². The minimum atomic E-state index is -0.663. The van der Waals surface area contributed by atoms with Crippen LogP contribution in [0.25, 0.3) is 6.08 Å². The fraction of sp³-hybridized carbons (Fsp3) is 0.0833. The molecule has 0 N–H and O–H groups in total. The maximum absolute atomic E-state index is 11.3. The van der Waals surface area contributed by atoms with Gasteiger partial charge in [0.25, 0.3) is 0 Å². The van der Waals surface area contributed by atoms with Gasteiger partial charge in [-0.1, -0.05) is 30.3 Å². The Bertz CT molecular complexity index is 469. The fourth-order valence-corrected chi connectivity index (χ4v) is 1.46. The summed E-state index contributed by atoms with van der Waals surface area (Å²) in [6.45, 7) is 0. The van der Waals surface area contributed by atoms with Crippen LogP contribution in [0.3, 0.4) is 0 Å². The number of ketones is 3. The smallest absolute Gasteiger partial charge is 0.232 e. The van der Waals surface area contributed by atoms with E-state index in [9.17, 15) is 14.4 Å². The molecular weight excluding hydrogens is 192 g/mol. The van der Waals surface area contributed by atoms with Crippen molar-refractivity contribution >= 4 is 23.4 Å². The van der Waals surface area contributed by atoms with Crippen molar-refractivity contribution in [2.75, 3.05) is 0 Å². The van der Waals surface area contributed by atoms with Crippen LogP contribution in [0, 0.1) is 0 Å². The van der Waals surface area contributed by atoms with E-state index in [0.717, 1.165) is 5.56 Å². The van der Waals surface area contributed by atoms with Gasteiger partial charge in [0.1, 0.15) is 0 Å². The zero-order valence-corrected chi connectivity index (χ0v) is 7.90. The van der Waals surface area contributed by atoms with E-state index in [4.69, 9.17) is 0 Å². The highest BCUT2D eigenvalue weighted by molar-refractivity contribution is 6.59. The van der Waals surface area contributed by atoms with E-state index >= 15 is 0 Å². The molecule has 1 aromatic rings. The molecule has 0 amide bonds. The normalized spacial score (nSPS) is 18.9. The molecule has 1 aromatic carbocycles. The molecule has 1 aliphatic rings. The molecule has 0 saturated heterocycles. The Morgan fingerprint density at radius 1 is 0.933 bits per heavy atom. The van der Waals surface area contributed by atoms with E-state index in [2.05, 4.69) is 0 Å². The van der Waals surface area contributed by atoms with Gasteiger partial charge < -0.3 is 0 Å². The number of allylic oxidation sites excluding steroid dienone is 1. The zero-order valence-electron chi connectivity index (χ0n) is 7.90. The monoisotopic (exact) mass is 200 g/mol. The van der Waals surface area contributed by atoms with Crippen molar-refractivity contribution < 1.29 is 14.4 Å². The zero-order chi connectivity index (χ0) is 10.8. The summed E-state index contributed by atoms with van der Waals surface area (Å²) in [6.07, 6.45) is 1.19. The van der Waals surface area contributed by atoms with Crippen LogP contribution in [0.5, 0.6) is 0 Å². The lowest BCUT2D eigenvalue weighted by molar-refractivity contribution is -0.132. The molecule has 3 heteroatoms. The van der Waals surface area contributed by atoms with Gasteiger partial charge in [0.2, 0.25) is 11.6 Å². The van der Waals surface area contributed by atoms with Crippen LogP contribution < -0.4 is 0 Å². The van der Waals surface area contributed by atoms with Crippen molar-refractivity contribution in [1.29, 1.82) is 0 Å². The Labute approximate surface area is 86.4 Å². The molecule has 0 heterocycles. The maximum atomic E-state index is 11.3. The van der Waals surface area contributed by atoms with Crippen molar-refractivity contribution in [3.05, 3.63) is 41.5 Å². The first kappa shape index (κ1) is 9.52. The third-order valence-corrected chi connectivity index (χ3v) is 2.23. The molecule has 1 saturated carbocycles. The molecule has 3 nitrogen and oxygen atoms in total. The average molecular weight is 200 g/mol. The number of hydrogen-bond acceptors (Lipinski definition) is 3. The third kappa shape index (κ3) is 1.76. The minimum Gasteiger partial charge on any atom is -0.294 e. The highest BCUT2D eigenvalue weighted by atomic mass is 16.2. The average Bonchev–Trinajstić information content (AvgIpc) is 2.47. The first-order chi connectivity index (χ1) is 7.18. The van der Waals surface area contributed by atoms with E-state index < -0.39 is 11.6 Å². The Morgan fingerprint density at radius 2 is 1.60 bits per heavy atom. The predicted molar refractivity (Wildman–Crippen MR) is 54.1 cm³/mol. The summed E-state index contributed by atoms with van der Waals surface area (Å²) in [6, 6.07) is 8.99. The molecule has 2 rings (SSSR count). The lowest BCUT2D eigenvalue weighted by Crippen LogP contribution is -2.05. The highest BCUT2D eigenvalue weighted by Crippen LogP contribution is 2.17. The second kappa shape index (κ2) is 3.61. The predicted octanol–water partition coefficient (Wildman–Crippen LogP) is 1.18. The van der Waals surface area contributed by atoms with Gasteiger partial charge in [-0.2, -0.15) is 0 Å². The second-order valence-corrected chi connectivity index (χ2v) is 3.32. The molecule has 0 unspecified atom stereocenters. The molecule has 1 aliphatic carbocycles. The molecule has 74 valence electrons. The van der Waals surface area contributed by atoms with Crippen LogP contribution >= 0.6 is 0 Å². The Morgan fingerprint density at radius 3 is 2.13 bits per heavy atom. The lowest BCUT2D eigenvalue weighted by Gasteiger charge is -1.93. The van der Waals surface area contributed by atoms with E-state index in [1.165, 1.54) is 6.08 Å². The number of hydrogen-bond donors (Lipinski definition) is 0. The molecule has 0 bridgehead atoms. The van der Waals surface area contributed by atoms with E-state index in [1.54, 1.807) is 24.3 Å². The summed E-state index contributed by atoms with van der Waals surface area (Å²) >= 11 is 0. The van der Waals surface area contributed by atoms with E-state index in [-0.39, 0.29) is 17.8 Å². The standard InChI is InChI=1S/C12H8O3/c13-10-7-11(14)12(15)9(10)6-8-4-2-1-3-5-8/h1-6H,7H2. The summed E-state index contributed by atoms with van der Waals surface area (Å²) in [4.78, 5) is 33.5. The first-order valence-corrected chi connectivity index (χ1v) is 4.56. The highest BCUT2D eigenvalue weighted by Gasteiger charge is 2.34. The molecule has 15 heavy (non-hydrogen) atoms. The van der Waals surface area contributed by atoms with Crippen LogP contribution in [-0.4, -0.2) is 17.3 Å². The number of benzene rings is 1. The van der Waals surface area contributed by atoms with Gasteiger partial charge in [0.15, 0.2) is 5.78 Å². The Balaban J connectivity index is 2.40. The first-order valence-electron chi connectivity index (χ1n) is 4.56. The van der Waals surface area contributed by atoms with E-state index in [1.807, 2.05) is 6.07 Å². The van der Waals surface area contributed by atoms with Crippen LogP contribution in [0.15, 0.2) is 35.9 Å². The molecule has 0 spiro atoms. The SMILES string of the molecule is O=C1CC(=O)C(=Cc2ccccc2)C1=O. The van der Waals surface area contributed by atoms with Crippen molar-refractivity contribution in [1.82, 2.24) is 0 Å². The molecule has 0 atom stereocenters. The maximum Gasteiger partial charge on any atom is 0.232 e. The molecule has 1 fully saturated rings. The van der Waals surface area contributed by atoms with Crippen LogP contribution in [0.1, 0.15) is 12.0 Å². The number of carbonyl (C=O) groups excluding carboxylic acids is 3. The van der Waals surface area contributed by atoms with Crippen LogP contribution in [-0.2, 0) is 14.4 Å². The van der Waals surface area contributed by atoms with Crippen molar-refractivity contribution in [3.8, 4) is 0 Å². The van der Waals surface area contributed by atoms with Gasteiger partial charge in [-0.3, -0.25) is 14.4 Å². The Kier molecular flexibility index (Phi) is 2.29. The summed E-state index contributed by atoms with van der Waals surface area (Å²) in [7, 11) is 0. The largest absolute Gasteiger partial charge is 0.294 e. The number of rotatable bonds is 1. The minimum absolute atomic E-state index is 0.00574. The van der Waals surface area contributed by atoms with Gasteiger partial charge in [-0.25, -0.2) is 0 Å². The van der Waals surface area contributed by atoms with Crippen molar-refractivity contribution in [3.63, 3.8) is 0 Å². The summed E-state index contributed by atoms with van der Waals surface area (Å²) in [5, 5.41) is 0. The van der Waals surface area contributed by atoms with Crippen LogP contribution in [0.2, 0.25) is 0 Å². The fourth-order valence-electron chi connectivity index (χ4n) is 1.46. The van der Waals surface area contributed by atoms with Gasteiger partial charge in [-0.05, 0) is 11.6 Å². The summed E-state index contributed by atoms with van der Waals surface area (Å²) in [5.41, 5.74) is 0.759. The van der Waals surface area contributed by atoms with Gasteiger partial charge in [0.05, 0.1) is 12.0 Å². The summed E-state index contributed by atoms with van der Waals surface area (Å²) < 4.78 is 0. The van der Waals surface area contributed by atoms with Gasteiger partial charge in [0, 0.05) is 0 Å². The molecular formula is C12H8O3. The number of carbonyl (C=O) groups is 3.